The van der Waals surface area contributed by atoms with Crippen molar-refractivity contribution in [1.82, 2.24) is 4.90 Å². The zero-order valence-corrected chi connectivity index (χ0v) is 19.8. The lowest BCUT2D eigenvalue weighted by molar-refractivity contribution is -0.440. The number of rotatable bonds is 9. The van der Waals surface area contributed by atoms with E-state index < -0.39 is 70.8 Å². The molecule has 1 aromatic rings. The largest absolute Gasteiger partial charge is 0.460 e. The second kappa shape index (κ2) is 9.94. The lowest BCUT2D eigenvalue weighted by Crippen LogP contribution is -2.70. The van der Waals surface area contributed by atoms with Crippen molar-refractivity contribution in [3.05, 3.63) is 35.9 Å². The Bertz CT molecular complexity index is 1000. The first-order chi connectivity index (χ1) is 16.5. The topological polar surface area (TPSA) is 46.6 Å². The second-order valence-corrected chi connectivity index (χ2v) is 9.30. The van der Waals surface area contributed by atoms with Crippen LogP contribution in [-0.2, 0) is 16.0 Å². The highest BCUT2D eigenvalue weighted by Crippen LogP contribution is 2.61. The molecule has 1 fully saturated rings. The molecule has 18 heteroatoms. The van der Waals surface area contributed by atoms with E-state index in [1.54, 1.807) is 18.2 Å². The lowest BCUT2D eigenvalue weighted by atomic mass is 9.92. The Morgan fingerprint density at radius 2 is 1.35 bits per heavy atom. The van der Waals surface area contributed by atoms with Crippen molar-refractivity contribution in [2.24, 2.45) is 0 Å². The van der Waals surface area contributed by atoms with Crippen LogP contribution >= 0.6 is 22.6 Å². The van der Waals surface area contributed by atoms with E-state index in [-0.39, 0.29) is 11.3 Å². The van der Waals surface area contributed by atoms with Crippen molar-refractivity contribution < 1.29 is 71.4 Å². The Labute approximate surface area is 212 Å². The van der Waals surface area contributed by atoms with Gasteiger partial charge in [0.05, 0.1) is 9.97 Å². The molecule has 1 saturated heterocycles. The molecule has 0 aliphatic carbocycles. The van der Waals surface area contributed by atoms with E-state index in [2.05, 4.69) is 4.74 Å². The van der Waals surface area contributed by atoms with Gasteiger partial charge < -0.3 is 4.74 Å². The molecular weight excluding hydrogens is 664 g/mol. The molecule has 0 aromatic heterocycles. The van der Waals surface area contributed by atoms with Crippen LogP contribution in [0, 0.1) is 0 Å². The predicted molar refractivity (Wildman–Crippen MR) is 105 cm³/mol. The van der Waals surface area contributed by atoms with Gasteiger partial charge >= 0.3 is 41.9 Å². The first-order valence-electron chi connectivity index (χ1n) is 9.66. The molecule has 1 heterocycles. The summed E-state index contributed by atoms with van der Waals surface area (Å²) in [7, 11) is 0. The number of imide groups is 1. The van der Waals surface area contributed by atoms with Crippen molar-refractivity contribution in [1.29, 1.82) is 0 Å². The number of cyclic esters (lactones) is 1. The van der Waals surface area contributed by atoms with E-state index in [0.29, 0.717) is 28.2 Å². The van der Waals surface area contributed by atoms with Crippen molar-refractivity contribution in [3.63, 3.8) is 0 Å². The maximum atomic E-state index is 14.2. The molecule has 37 heavy (non-hydrogen) atoms. The summed E-state index contributed by atoms with van der Waals surface area (Å²) in [5.74, 6) is -39.5. The quantitative estimate of drug-likeness (QED) is 0.170. The number of nitrogens with zero attached hydrogens (tertiary/aromatic N) is 1. The van der Waals surface area contributed by atoms with Gasteiger partial charge in [0.2, 0.25) is 5.91 Å². The van der Waals surface area contributed by atoms with Crippen LogP contribution in [0.1, 0.15) is 12.0 Å². The van der Waals surface area contributed by atoms with Crippen LogP contribution in [0.2, 0.25) is 0 Å². The molecule has 0 spiro atoms. The first-order valence-corrected chi connectivity index (χ1v) is 10.9. The molecule has 0 radical (unpaired) electrons. The molecule has 2 rings (SSSR count). The number of ether oxygens (including phenoxy) is 1. The van der Waals surface area contributed by atoms with Gasteiger partial charge in [-0.3, -0.25) is 4.79 Å². The Morgan fingerprint density at radius 3 is 1.84 bits per heavy atom. The van der Waals surface area contributed by atoms with E-state index >= 15 is 0 Å². The molecule has 0 saturated carbocycles. The van der Waals surface area contributed by atoms with Crippen LogP contribution < -0.4 is 0 Å². The predicted octanol–water partition coefficient (Wildman–Crippen LogP) is 6.51. The Balaban J connectivity index is 2.31. The van der Waals surface area contributed by atoms with Crippen LogP contribution in [0.3, 0.4) is 0 Å². The van der Waals surface area contributed by atoms with Crippen LogP contribution in [0.15, 0.2) is 30.3 Å². The van der Waals surface area contributed by atoms with Gasteiger partial charge in [-0.05, 0) is 12.0 Å². The molecule has 1 aliphatic rings. The number of halogens is 14. The van der Waals surface area contributed by atoms with Gasteiger partial charge in [-0.1, -0.05) is 52.9 Å². The normalized spacial score (nSPS) is 19.1. The van der Waals surface area contributed by atoms with Crippen LogP contribution in [0.5, 0.6) is 0 Å². The molecular formula is C19H13F13INO3. The van der Waals surface area contributed by atoms with Crippen LogP contribution in [0.25, 0.3) is 0 Å². The molecule has 0 N–H and O–H groups in total. The van der Waals surface area contributed by atoms with E-state index in [1.165, 1.54) is 12.1 Å². The molecule has 0 bridgehead atoms. The maximum absolute atomic E-state index is 14.2. The smallest absolute Gasteiger partial charge is 0.447 e. The van der Waals surface area contributed by atoms with Crippen molar-refractivity contribution >= 4 is 34.6 Å². The molecule has 2 amide bonds. The minimum absolute atomic E-state index is 0.134. The summed E-state index contributed by atoms with van der Waals surface area (Å²) in [6.07, 6.45) is -11.8. The highest BCUT2D eigenvalue weighted by molar-refractivity contribution is 14.1. The van der Waals surface area contributed by atoms with Gasteiger partial charge in [0.15, 0.2) is 0 Å². The zero-order valence-electron chi connectivity index (χ0n) is 17.6. The van der Waals surface area contributed by atoms with Gasteiger partial charge in [-0.25, -0.2) is 9.69 Å². The molecule has 2 atom stereocenters. The number of hydrogen-bond donors (Lipinski definition) is 0. The second-order valence-electron chi connectivity index (χ2n) is 7.80. The summed E-state index contributed by atoms with van der Waals surface area (Å²) in [5, 5.41) is 0. The van der Waals surface area contributed by atoms with E-state index in [0.717, 1.165) is 0 Å². The number of hydrogen-bond acceptors (Lipinski definition) is 3. The standard InChI is InChI=1S/C19H13F13INO3/c20-14(21,15(22,23)16(24,25)17(26,27)18(28,29)19(30,31)32)7-11(33)12(35)34-10(8-37-13(34)36)6-9-4-2-1-3-5-9/h1-5,10-11H,6-8H2/t10-,11?/m1/s1. The van der Waals surface area contributed by atoms with Gasteiger partial charge in [0.25, 0.3) is 0 Å². The molecule has 4 nitrogen and oxygen atoms in total. The van der Waals surface area contributed by atoms with E-state index in [4.69, 9.17) is 0 Å². The van der Waals surface area contributed by atoms with Crippen molar-refractivity contribution in [2.45, 2.75) is 58.6 Å². The first kappa shape index (κ1) is 31.2. The molecule has 1 unspecified atom stereocenters. The fourth-order valence-electron chi connectivity index (χ4n) is 3.16. The summed E-state index contributed by atoms with van der Waals surface area (Å²) in [5.41, 5.74) is 0.484. The number of amides is 2. The third kappa shape index (κ3) is 5.30. The average Bonchev–Trinajstić information content (AvgIpc) is 3.11. The fourth-order valence-corrected chi connectivity index (χ4v) is 4.01. The minimum atomic E-state index is -8.03. The summed E-state index contributed by atoms with van der Waals surface area (Å²) < 4.78 is 175. The zero-order chi connectivity index (χ0) is 28.8. The number of benzene rings is 1. The monoisotopic (exact) mass is 677 g/mol. The summed E-state index contributed by atoms with van der Waals surface area (Å²) in [6, 6.07) is 6.52. The fraction of sp³-hybridized carbons (Fsp3) is 0.579. The minimum Gasteiger partial charge on any atom is -0.447 e. The Hall–Kier alpha value is -2.02. The van der Waals surface area contributed by atoms with Gasteiger partial charge in [0.1, 0.15) is 6.61 Å². The number of alkyl halides is 14. The van der Waals surface area contributed by atoms with Gasteiger partial charge in [-0.15, -0.1) is 0 Å². The number of carbonyl (C=O) groups is 2. The van der Waals surface area contributed by atoms with Crippen molar-refractivity contribution in [3.8, 4) is 0 Å². The Kier molecular flexibility index (Phi) is 8.38. The molecule has 1 aromatic carbocycles. The van der Waals surface area contributed by atoms with E-state index in [1.807, 2.05) is 0 Å². The summed E-state index contributed by atoms with van der Waals surface area (Å²) >= 11 is 0.679. The van der Waals surface area contributed by atoms with Crippen LogP contribution in [0.4, 0.5) is 61.9 Å². The summed E-state index contributed by atoms with van der Waals surface area (Å²) in [4.78, 5) is 24.6. The molecule has 210 valence electrons. The SMILES string of the molecule is O=C1OC[C@@H](Cc2ccccc2)N1C(=O)C(I)CC(F)(F)C(F)(F)C(F)(F)C(F)(F)C(F)(F)C(F)(F)F. The number of carbonyl (C=O) groups excluding carboxylic acids is 2. The highest BCUT2D eigenvalue weighted by atomic mass is 127. The summed E-state index contributed by atoms with van der Waals surface area (Å²) in [6.45, 7) is -0.494. The lowest BCUT2D eigenvalue weighted by Gasteiger charge is -2.40. The van der Waals surface area contributed by atoms with Gasteiger partial charge in [-0.2, -0.15) is 57.1 Å². The third-order valence-electron chi connectivity index (χ3n) is 5.21. The van der Waals surface area contributed by atoms with E-state index in [9.17, 15) is 66.7 Å². The molecule has 1 aliphatic heterocycles. The maximum Gasteiger partial charge on any atom is 0.460 e. The average molecular weight is 677 g/mol. The highest BCUT2D eigenvalue weighted by Gasteiger charge is 2.90. The van der Waals surface area contributed by atoms with Crippen molar-refractivity contribution in [2.75, 3.05) is 6.61 Å². The third-order valence-corrected chi connectivity index (χ3v) is 6.19. The van der Waals surface area contributed by atoms with Gasteiger partial charge in [0, 0.05) is 6.42 Å². The van der Waals surface area contributed by atoms with Crippen LogP contribution in [-0.4, -0.2) is 69.3 Å². The Morgan fingerprint density at radius 1 is 0.865 bits per heavy atom.